The minimum absolute atomic E-state index is 0.125. The van der Waals surface area contributed by atoms with Gasteiger partial charge in [0.1, 0.15) is 5.78 Å². The molecule has 4 nitrogen and oxygen atoms in total. The number of carbonyl (C=O) groups is 2. The molecule has 2 N–H and O–H groups in total. The Kier molecular flexibility index (Phi) is 5.73. The van der Waals surface area contributed by atoms with Crippen molar-refractivity contribution in [1.29, 1.82) is 0 Å². The summed E-state index contributed by atoms with van der Waals surface area (Å²) in [5, 5.41) is 15.1. The number of anilines is 1. The summed E-state index contributed by atoms with van der Waals surface area (Å²) in [4.78, 5) is 25.3. The van der Waals surface area contributed by atoms with Crippen LogP contribution in [-0.2, 0) is 9.59 Å². The van der Waals surface area contributed by atoms with Crippen LogP contribution < -0.4 is 5.32 Å². The van der Waals surface area contributed by atoms with Gasteiger partial charge in [-0.05, 0) is 50.6 Å². The van der Waals surface area contributed by atoms with E-state index >= 15 is 0 Å². The number of para-hydroxylation sites is 1. The zero-order chi connectivity index (χ0) is 20.5. The SMILES string of the molecule is CC(=O)C1=C(Nc2ccccc2)C[C@](C)(O)[C@H](C(C)=O)[C@H]1c1ccc(Cl)cc1. The molecule has 0 amide bonds. The van der Waals surface area contributed by atoms with Crippen molar-refractivity contribution in [3.8, 4) is 0 Å². The van der Waals surface area contributed by atoms with Crippen LogP contribution in [0.3, 0.4) is 0 Å². The zero-order valence-corrected chi connectivity index (χ0v) is 17.0. The maximum atomic E-state index is 12.7. The molecule has 5 heteroatoms. The molecule has 0 fully saturated rings. The van der Waals surface area contributed by atoms with Crippen LogP contribution in [0.2, 0.25) is 5.02 Å². The van der Waals surface area contributed by atoms with Crippen molar-refractivity contribution in [2.75, 3.05) is 5.32 Å². The van der Waals surface area contributed by atoms with Gasteiger partial charge in [0.25, 0.3) is 0 Å². The van der Waals surface area contributed by atoms with Crippen LogP contribution in [0.25, 0.3) is 0 Å². The second kappa shape index (κ2) is 7.90. The standard InChI is InChI=1S/C23H24ClNO3/c1-14(26)20-19(25-18-7-5-4-6-8-18)13-23(3,28)22(15(2)27)21(20)16-9-11-17(24)12-10-16/h4-12,21-22,25,28H,13H2,1-3H3/t21-,22+,23-/m0/s1. The zero-order valence-electron chi connectivity index (χ0n) is 16.2. The number of hydrogen-bond donors (Lipinski definition) is 2. The van der Waals surface area contributed by atoms with E-state index in [1.807, 2.05) is 42.5 Å². The summed E-state index contributed by atoms with van der Waals surface area (Å²) in [5.74, 6) is -1.56. The number of Topliss-reactive ketones (excluding diaryl/α,β-unsaturated/α-hetero) is 2. The van der Waals surface area contributed by atoms with Gasteiger partial charge in [-0.25, -0.2) is 0 Å². The number of allylic oxidation sites excluding steroid dienone is 1. The fourth-order valence-electron chi connectivity index (χ4n) is 4.22. The number of benzene rings is 2. The summed E-state index contributed by atoms with van der Waals surface area (Å²) in [7, 11) is 0. The number of carbonyl (C=O) groups excluding carboxylic acids is 2. The van der Waals surface area contributed by atoms with Gasteiger partial charge in [0.2, 0.25) is 0 Å². The Bertz CT molecular complexity index is 917. The molecule has 0 bridgehead atoms. The summed E-state index contributed by atoms with van der Waals surface area (Å²) in [6.45, 7) is 4.63. The first kappa shape index (κ1) is 20.3. The van der Waals surface area contributed by atoms with E-state index in [0.717, 1.165) is 11.3 Å². The third-order valence-electron chi connectivity index (χ3n) is 5.29. The third-order valence-corrected chi connectivity index (χ3v) is 5.54. The van der Waals surface area contributed by atoms with Gasteiger partial charge < -0.3 is 10.4 Å². The molecule has 3 rings (SSSR count). The molecule has 1 aliphatic carbocycles. The molecule has 0 spiro atoms. The van der Waals surface area contributed by atoms with Gasteiger partial charge in [-0.2, -0.15) is 0 Å². The van der Waals surface area contributed by atoms with Gasteiger partial charge in [0.15, 0.2) is 5.78 Å². The monoisotopic (exact) mass is 397 g/mol. The van der Waals surface area contributed by atoms with E-state index in [9.17, 15) is 14.7 Å². The minimum Gasteiger partial charge on any atom is -0.389 e. The van der Waals surface area contributed by atoms with Gasteiger partial charge >= 0.3 is 0 Å². The lowest BCUT2D eigenvalue weighted by molar-refractivity contribution is -0.131. The average molecular weight is 398 g/mol. The lowest BCUT2D eigenvalue weighted by Crippen LogP contribution is -2.48. The maximum absolute atomic E-state index is 12.7. The molecule has 0 aromatic heterocycles. The third kappa shape index (κ3) is 4.03. The first-order valence-electron chi connectivity index (χ1n) is 9.25. The normalized spacial score (nSPS) is 24.8. The van der Waals surface area contributed by atoms with Crippen molar-refractivity contribution < 1.29 is 14.7 Å². The highest BCUT2D eigenvalue weighted by atomic mass is 35.5. The van der Waals surface area contributed by atoms with Crippen molar-refractivity contribution in [3.05, 3.63) is 76.5 Å². The average Bonchev–Trinajstić information content (AvgIpc) is 2.61. The van der Waals surface area contributed by atoms with Gasteiger partial charge in [-0.15, -0.1) is 0 Å². The first-order valence-corrected chi connectivity index (χ1v) is 9.63. The first-order chi connectivity index (χ1) is 13.2. The van der Waals surface area contributed by atoms with Crippen molar-refractivity contribution in [2.45, 2.75) is 38.7 Å². The number of hydrogen-bond acceptors (Lipinski definition) is 4. The lowest BCUT2D eigenvalue weighted by Gasteiger charge is -2.43. The van der Waals surface area contributed by atoms with Crippen LogP contribution in [0.5, 0.6) is 0 Å². The van der Waals surface area contributed by atoms with Crippen molar-refractivity contribution in [1.82, 2.24) is 0 Å². The number of rotatable bonds is 5. The Morgan fingerprint density at radius 2 is 1.68 bits per heavy atom. The molecule has 3 atom stereocenters. The van der Waals surface area contributed by atoms with Crippen molar-refractivity contribution >= 4 is 28.9 Å². The Hall–Kier alpha value is -2.43. The maximum Gasteiger partial charge on any atom is 0.158 e. The van der Waals surface area contributed by atoms with E-state index in [2.05, 4.69) is 5.32 Å². The molecule has 0 saturated carbocycles. The van der Waals surface area contributed by atoms with Gasteiger partial charge in [-0.3, -0.25) is 9.59 Å². The topological polar surface area (TPSA) is 66.4 Å². The second-order valence-corrected chi connectivity index (χ2v) is 8.03. The van der Waals surface area contributed by atoms with Crippen LogP contribution in [0.1, 0.15) is 38.7 Å². The second-order valence-electron chi connectivity index (χ2n) is 7.59. The predicted molar refractivity (Wildman–Crippen MR) is 111 cm³/mol. The molecule has 2 aromatic rings. The van der Waals surface area contributed by atoms with E-state index in [1.165, 1.54) is 13.8 Å². The Morgan fingerprint density at radius 3 is 2.21 bits per heavy atom. The molecule has 146 valence electrons. The Labute approximate surface area is 170 Å². The number of aliphatic hydroxyl groups is 1. The molecule has 0 unspecified atom stereocenters. The highest BCUT2D eigenvalue weighted by Gasteiger charge is 2.49. The fraction of sp³-hybridized carbons (Fsp3) is 0.304. The quantitative estimate of drug-likeness (QED) is 0.764. The summed E-state index contributed by atoms with van der Waals surface area (Å²) < 4.78 is 0. The summed E-state index contributed by atoms with van der Waals surface area (Å²) in [6.07, 6.45) is 0.186. The molecule has 1 aliphatic rings. The Balaban J connectivity index is 2.21. The highest BCUT2D eigenvalue weighted by Crippen LogP contribution is 2.47. The van der Waals surface area contributed by atoms with Crippen molar-refractivity contribution in [2.24, 2.45) is 5.92 Å². The Morgan fingerprint density at radius 1 is 1.07 bits per heavy atom. The fourth-order valence-corrected chi connectivity index (χ4v) is 4.34. The van der Waals surface area contributed by atoms with Gasteiger partial charge in [0, 0.05) is 34.3 Å². The largest absolute Gasteiger partial charge is 0.389 e. The van der Waals surface area contributed by atoms with Crippen LogP contribution in [0.4, 0.5) is 5.69 Å². The van der Waals surface area contributed by atoms with Crippen molar-refractivity contribution in [3.63, 3.8) is 0 Å². The van der Waals surface area contributed by atoms with Crippen LogP contribution in [0, 0.1) is 5.92 Å². The number of ketones is 2. The van der Waals surface area contributed by atoms with E-state index in [1.54, 1.807) is 19.1 Å². The molecule has 0 aliphatic heterocycles. The highest BCUT2D eigenvalue weighted by molar-refractivity contribution is 6.30. The van der Waals surface area contributed by atoms with Crippen LogP contribution >= 0.6 is 11.6 Å². The molecule has 0 heterocycles. The molecular weight excluding hydrogens is 374 g/mol. The number of halogens is 1. The van der Waals surface area contributed by atoms with Gasteiger partial charge in [-0.1, -0.05) is 41.9 Å². The van der Waals surface area contributed by atoms with E-state index < -0.39 is 17.4 Å². The molecule has 0 saturated heterocycles. The molecular formula is C23H24ClNO3. The van der Waals surface area contributed by atoms with E-state index in [0.29, 0.717) is 16.3 Å². The number of nitrogens with one attached hydrogen (secondary N) is 1. The molecule has 0 radical (unpaired) electrons. The summed E-state index contributed by atoms with van der Waals surface area (Å²) in [5.41, 5.74) is 1.47. The minimum atomic E-state index is -1.30. The van der Waals surface area contributed by atoms with E-state index in [-0.39, 0.29) is 18.0 Å². The van der Waals surface area contributed by atoms with Crippen LogP contribution in [0.15, 0.2) is 65.9 Å². The lowest BCUT2D eigenvalue weighted by atomic mass is 9.64. The van der Waals surface area contributed by atoms with Gasteiger partial charge in [0.05, 0.1) is 11.5 Å². The summed E-state index contributed by atoms with van der Waals surface area (Å²) >= 11 is 6.03. The summed E-state index contributed by atoms with van der Waals surface area (Å²) in [6, 6.07) is 16.6. The van der Waals surface area contributed by atoms with Crippen LogP contribution in [-0.4, -0.2) is 22.3 Å². The van der Waals surface area contributed by atoms with E-state index in [4.69, 9.17) is 11.6 Å². The molecule has 2 aromatic carbocycles. The predicted octanol–water partition coefficient (Wildman–Crippen LogP) is 4.74. The molecule has 28 heavy (non-hydrogen) atoms. The smallest absolute Gasteiger partial charge is 0.158 e.